The number of halogens is 3. The van der Waals surface area contributed by atoms with Crippen LogP contribution in [-0.4, -0.2) is 17.3 Å². The number of ether oxygens (including phenoxy) is 1. The van der Waals surface area contributed by atoms with Gasteiger partial charge in [0.15, 0.2) is 0 Å². The van der Waals surface area contributed by atoms with Crippen molar-refractivity contribution in [1.82, 2.24) is 0 Å². The smallest absolute Gasteiger partial charge is 0.406 e. The molecule has 0 saturated carbocycles. The molecule has 1 atom stereocenters. The minimum atomic E-state index is -4.75. The number of benzene rings is 1. The molecule has 0 aromatic heterocycles. The standard InChI is InChI=1S/C9H9F3N2O2/c10-9(11,12)16-6-3-1-5(2-4-6)7(15)8(13)14/h1-4,7,15H,(H3,13,14). The lowest BCUT2D eigenvalue weighted by molar-refractivity contribution is -0.274. The van der Waals surface area contributed by atoms with Crippen LogP contribution in [0.4, 0.5) is 13.2 Å². The number of amidine groups is 1. The summed E-state index contributed by atoms with van der Waals surface area (Å²) in [5.74, 6) is -0.878. The van der Waals surface area contributed by atoms with Crippen molar-refractivity contribution in [3.05, 3.63) is 29.8 Å². The Balaban J connectivity index is 2.79. The summed E-state index contributed by atoms with van der Waals surface area (Å²) in [6.07, 6.45) is -6.07. The fourth-order valence-corrected chi connectivity index (χ4v) is 1.03. The highest BCUT2D eigenvalue weighted by atomic mass is 19.4. The maximum Gasteiger partial charge on any atom is 0.573 e. The Morgan fingerprint density at radius 1 is 1.31 bits per heavy atom. The highest BCUT2D eigenvalue weighted by Gasteiger charge is 2.31. The lowest BCUT2D eigenvalue weighted by Gasteiger charge is -2.11. The number of hydrogen-bond donors (Lipinski definition) is 3. The second kappa shape index (κ2) is 4.40. The molecule has 16 heavy (non-hydrogen) atoms. The third-order valence-corrected chi connectivity index (χ3v) is 1.72. The topological polar surface area (TPSA) is 79.3 Å². The zero-order valence-electron chi connectivity index (χ0n) is 7.95. The molecule has 7 heteroatoms. The summed E-state index contributed by atoms with van der Waals surface area (Å²) in [6.45, 7) is 0. The van der Waals surface area contributed by atoms with Crippen molar-refractivity contribution in [2.45, 2.75) is 12.5 Å². The summed E-state index contributed by atoms with van der Waals surface area (Å²) < 4.78 is 39.0. The van der Waals surface area contributed by atoms with Crippen molar-refractivity contribution in [2.75, 3.05) is 0 Å². The number of aliphatic hydroxyl groups is 1. The van der Waals surface area contributed by atoms with Crippen LogP contribution in [0, 0.1) is 5.41 Å². The largest absolute Gasteiger partial charge is 0.573 e. The van der Waals surface area contributed by atoms with E-state index >= 15 is 0 Å². The van der Waals surface area contributed by atoms with Gasteiger partial charge in [-0.1, -0.05) is 12.1 Å². The van der Waals surface area contributed by atoms with Gasteiger partial charge < -0.3 is 15.6 Å². The number of nitrogens with one attached hydrogen (secondary N) is 1. The highest BCUT2D eigenvalue weighted by Crippen LogP contribution is 2.24. The first kappa shape index (κ1) is 12.3. The summed E-state index contributed by atoms with van der Waals surface area (Å²) in [7, 11) is 0. The van der Waals surface area contributed by atoms with Gasteiger partial charge in [0.25, 0.3) is 0 Å². The predicted octanol–water partition coefficient (Wildman–Crippen LogP) is 1.55. The van der Waals surface area contributed by atoms with Crippen molar-refractivity contribution in [1.29, 1.82) is 5.41 Å². The minimum absolute atomic E-state index is 0.224. The van der Waals surface area contributed by atoms with Crippen LogP contribution in [0.15, 0.2) is 24.3 Å². The van der Waals surface area contributed by atoms with Crippen molar-refractivity contribution in [3.8, 4) is 5.75 Å². The summed E-state index contributed by atoms with van der Waals surface area (Å²) in [5, 5.41) is 16.3. The van der Waals surface area contributed by atoms with Crippen LogP contribution in [0.1, 0.15) is 11.7 Å². The lowest BCUT2D eigenvalue weighted by atomic mass is 10.1. The Kier molecular flexibility index (Phi) is 3.38. The van der Waals surface area contributed by atoms with Gasteiger partial charge in [-0.25, -0.2) is 0 Å². The van der Waals surface area contributed by atoms with Crippen LogP contribution in [0.5, 0.6) is 5.75 Å². The summed E-state index contributed by atoms with van der Waals surface area (Å²) in [5.41, 5.74) is 5.25. The molecule has 1 aromatic rings. The van der Waals surface area contributed by atoms with E-state index in [4.69, 9.17) is 11.1 Å². The first-order chi connectivity index (χ1) is 7.29. The molecule has 4 N–H and O–H groups in total. The highest BCUT2D eigenvalue weighted by molar-refractivity contribution is 5.82. The molecule has 0 radical (unpaired) electrons. The van der Waals surface area contributed by atoms with Crippen LogP contribution in [0.25, 0.3) is 0 Å². The normalized spacial score (nSPS) is 13.2. The molecular weight excluding hydrogens is 225 g/mol. The minimum Gasteiger partial charge on any atom is -0.406 e. The number of aliphatic hydroxyl groups excluding tert-OH is 1. The summed E-state index contributed by atoms with van der Waals surface area (Å²) in [4.78, 5) is 0. The third kappa shape index (κ3) is 3.43. The van der Waals surface area contributed by atoms with Crippen molar-refractivity contribution >= 4 is 5.84 Å². The van der Waals surface area contributed by atoms with Gasteiger partial charge in [0.2, 0.25) is 0 Å². The van der Waals surface area contributed by atoms with Gasteiger partial charge in [0.05, 0.1) is 0 Å². The fraction of sp³-hybridized carbons (Fsp3) is 0.222. The van der Waals surface area contributed by atoms with Crippen molar-refractivity contribution in [2.24, 2.45) is 5.73 Å². The zero-order valence-corrected chi connectivity index (χ0v) is 7.95. The number of alkyl halides is 3. The van der Waals surface area contributed by atoms with E-state index < -0.39 is 24.1 Å². The van der Waals surface area contributed by atoms with Crippen molar-refractivity contribution < 1.29 is 23.0 Å². The van der Waals surface area contributed by atoms with E-state index in [0.29, 0.717) is 0 Å². The second-order valence-electron chi connectivity index (χ2n) is 2.97. The second-order valence-corrected chi connectivity index (χ2v) is 2.97. The number of nitrogens with two attached hydrogens (primary N) is 1. The van der Waals surface area contributed by atoms with Gasteiger partial charge in [-0.2, -0.15) is 0 Å². The molecule has 0 amide bonds. The van der Waals surface area contributed by atoms with Crippen LogP contribution in [0.2, 0.25) is 0 Å². The molecule has 4 nitrogen and oxygen atoms in total. The van der Waals surface area contributed by atoms with Gasteiger partial charge in [0.1, 0.15) is 17.7 Å². The van der Waals surface area contributed by atoms with Gasteiger partial charge in [-0.15, -0.1) is 13.2 Å². The van der Waals surface area contributed by atoms with E-state index in [1.165, 1.54) is 12.1 Å². The molecule has 0 aliphatic carbocycles. The zero-order chi connectivity index (χ0) is 12.3. The first-order valence-corrected chi connectivity index (χ1v) is 4.17. The average Bonchev–Trinajstić information content (AvgIpc) is 2.15. The van der Waals surface area contributed by atoms with E-state index in [1.807, 2.05) is 0 Å². The van der Waals surface area contributed by atoms with Gasteiger partial charge in [-0.3, -0.25) is 5.41 Å². The maximum absolute atomic E-state index is 11.8. The molecule has 1 aromatic carbocycles. The van der Waals surface area contributed by atoms with Crippen LogP contribution < -0.4 is 10.5 Å². The molecule has 0 aliphatic heterocycles. The van der Waals surface area contributed by atoms with Crippen LogP contribution in [-0.2, 0) is 0 Å². The Morgan fingerprint density at radius 3 is 2.19 bits per heavy atom. The van der Waals surface area contributed by atoms with E-state index in [0.717, 1.165) is 12.1 Å². The summed E-state index contributed by atoms with van der Waals surface area (Å²) in [6, 6.07) is 4.48. The van der Waals surface area contributed by atoms with E-state index in [-0.39, 0.29) is 5.56 Å². The molecule has 0 bridgehead atoms. The molecular formula is C9H9F3N2O2. The number of hydrogen-bond acceptors (Lipinski definition) is 3. The summed E-state index contributed by atoms with van der Waals surface area (Å²) >= 11 is 0. The van der Waals surface area contributed by atoms with Crippen molar-refractivity contribution in [3.63, 3.8) is 0 Å². The lowest BCUT2D eigenvalue weighted by Crippen LogP contribution is -2.20. The fourth-order valence-electron chi connectivity index (χ4n) is 1.03. The van der Waals surface area contributed by atoms with Crippen LogP contribution in [0.3, 0.4) is 0 Å². The number of rotatable bonds is 3. The third-order valence-electron chi connectivity index (χ3n) is 1.72. The average molecular weight is 234 g/mol. The van der Waals surface area contributed by atoms with E-state index in [9.17, 15) is 18.3 Å². The Hall–Kier alpha value is -1.76. The monoisotopic (exact) mass is 234 g/mol. The van der Waals surface area contributed by atoms with Gasteiger partial charge in [0, 0.05) is 0 Å². The molecule has 1 rings (SSSR count). The van der Waals surface area contributed by atoms with E-state index in [1.54, 1.807) is 0 Å². The Labute approximate surface area is 89.0 Å². The van der Waals surface area contributed by atoms with Gasteiger partial charge in [-0.05, 0) is 17.7 Å². The van der Waals surface area contributed by atoms with Gasteiger partial charge >= 0.3 is 6.36 Å². The maximum atomic E-state index is 11.8. The Morgan fingerprint density at radius 2 is 1.81 bits per heavy atom. The first-order valence-electron chi connectivity index (χ1n) is 4.17. The molecule has 0 heterocycles. The Bertz CT molecular complexity index is 375. The molecule has 1 unspecified atom stereocenters. The molecule has 0 saturated heterocycles. The quantitative estimate of drug-likeness (QED) is 0.548. The van der Waals surface area contributed by atoms with Crippen LogP contribution >= 0.6 is 0 Å². The SMILES string of the molecule is N=C(N)C(O)c1ccc(OC(F)(F)F)cc1. The molecule has 0 aliphatic rings. The molecule has 0 spiro atoms. The predicted molar refractivity (Wildman–Crippen MR) is 50.0 cm³/mol. The molecule has 0 fully saturated rings. The van der Waals surface area contributed by atoms with E-state index in [2.05, 4.69) is 4.74 Å². The molecule has 88 valence electrons.